The molecule has 2 atom stereocenters. The van der Waals surface area contributed by atoms with E-state index in [1.165, 1.54) is 37.7 Å². The van der Waals surface area contributed by atoms with E-state index >= 15 is 0 Å². The van der Waals surface area contributed by atoms with E-state index in [4.69, 9.17) is 9.47 Å². The maximum atomic E-state index is 5.51. The molecule has 18 heavy (non-hydrogen) atoms. The molecule has 1 saturated carbocycles. The van der Waals surface area contributed by atoms with E-state index in [1.807, 2.05) is 12.1 Å². The molecule has 1 aromatic rings. The number of alkyl halides is 1. The van der Waals surface area contributed by atoms with Crippen molar-refractivity contribution in [3.05, 3.63) is 23.8 Å². The van der Waals surface area contributed by atoms with Crippen LogP contribution in [0.4, 0.5) is 0 Å². The minimum atomic E-state index is 0.526. The van der Waals surface area contributed by atoms with E-state index in [1.54, 1.807) is 14.2 Å². The fraction of sp³-hybridized carbons (Fsp3) is 0.600. The second-order valence-electron chi connectivity index (χ2n) is 4.87. The summed E-state index contributed by atoms with van der Waals surface area (Å²) in [5, 5.41) is 0. The largest absolute Gasteiger partial charge is 0.497 e. The molecular formula is C15H21BrO2. The SMILES string of the molecule is COc1ccc(OC)c(C2CCCCCC2Br)c1. The first-order valence-electron chi connectivity index (χ1n) is 6.62. The van der Waals surface area contributed by atoms with Crippen LogP contribution in [0.3, 0.4) is 0 Å². The number of halogens is 1. The van der Waals surface area contributed by atoms with E-state index in [0.29, 0.717) is 10.7 Å². The molecule has 0 spiro atoms. The van der Waals surface area contributed by atoms with Crippen LogP contribution in [0.5, 0.6) is 11.5 Å². The highest BCUT2D eigenvalue weighted by molar-refractivity contribution is 9.09. The molecule has 0 aromatic heterocycles. The van der Waals surface area contributed by atoms with Crippen molar-refractivity contribution in [2.75, 3.05) is 14.2 Å². The summed E-state index contributed by atoms with van der Waals surface area (Å²) in [4.78, 5) is 0.543. The Hall–Kier alpha value is -0.700. The predicted molar refractivity (Wildman–Crippen MR) is 78.1 cm³/mol. The molecule has 1 aliphatic carbocycles. The molecule has 0 heterocycles. The van der Waals surface area contributed by atoms with Gasteiger partial charge in [-0.3, -0.25) is 0 Å². The van der Waals surface area contributed by atoms with Crippen LogP contribution < -0.4 is 9.47 Å². The molecule has 100 valence electrons. The summed E-state index contributed by atoms with van der Waals surface area (Å²) in [6, 6.07) is 6.10. The highest BCUT2D eigenvalue weighted by atomic mass is 79.9. The number of benzene rings is 1. The standard InChI is InChI=1S/C15H21BrO2/c1-17-11-8-9-15(18-2)13(10-11)12-6-4-3-5-7-14(12)16/h8-10,12,14H,3-7H2,1-2H3. The van der Waals surface area contributed by atoms with Gasteiger partial charge in [0.1, 0.15) is 11.5 Å². The van der Waals surface area contributed by atoms with Crippen molar-refractivity contribution in [1.82, 2.24) is 0 Å². The zero-order valence-corrected chi connectivity index (χ0v) is 12.7. The summed E-state index contributed by atoms with van der Waals surface area (Å²) in [6.45, 7) is 0. The van der Waals surface area contributed by atoms with Crippen LogP contribution in [0.25, 0.3) is 0 Å². The normalized spacial score (nSPS) is 24.4. The van der Waals surface area contributed by atoms with E-state index in [9.17, 15) is 0 Å². The number of rotatable bonds is 3. The topological polar surface area (TPSA) is 18.5 Å². The van der Waals surface area contributed by atoms with E-state index in [-0.39, 0.29) is 0 Å². The predicted octanol–water partition coefficient (Wildman–Crippen LogP) is 4.52. The van der Waals surface area contributed by atoms with Crippen molar-refractivity contribution in [3.8, 4) is 11.5 Å². The molecule has 3 heteroatoms. The van der Waals surface area contributed by atoms with Crippen molar-refractivity contribution in [1.29, 1.82) is 0 Å². The Morgan fingerprint density at radius 2 is 1.83 bits per heavy atom. The molecule has 1 aromatic carbocycles. The van der Waals surface area contributed by atoms with Gasteiger partial charge in [0.2, 0.25) is 0 Å². The quantitative estimate of drug-likeness (QED) is 0.603. The summed E-state index contributed by atoms with van der Waals surface area (Å²) in [5.74, 6) is 2.42. The molecule has 0 saturated heterocycles. The number of methoxy groups -OCH3 is 2. The Morgan fingerprint density at radius 3 is 2.56 bits per heavy atom. The van der Waals surface area contributed by atoms with Gasteiger partial charge >= 0.3 is 0 Å². The van der Waals surface area contributed by atoms with Crippen molar-refractivity contribution < 1.29 is 9.47 Å². The van der Waals surface area contributed by atoms with Crippen LogP contribution in [0.15, 0.2) is 18.2 Å². The number of hydrogen-bond donors (Lipinski definition) is 0. The first-order valence-corrected chi connectivity index (χ1v) is 7.54. The molecule has 2 nitrogen and oxygen atoms in total. The first kappa shape index (κ1) is 13.7. The van der Waals surface area contributed by atoms with Gasteiger partial charge in [-0.2, -0.15) is 0 Å². The van der Waals surface area contributed by atoms with Crippen LogP contribution in [0.1, 0.15) is 43.6 Å². The molecule has 0 amide bonds. The van der Waals surface area contributed by atoms with Gasteiger partial charge in [-0.05, 0) is 31.0 Å². The molecular weight excluding hydrogens is 292 g/mol. The maximum Gasteiger partial charge on any atom is 0.122 e. The molecule has 1 fully saturated rings. The highest BCUT2D eigenvalue weighted by Gasteiger charge is 2.25. The highest BCUT2D eigenvalue weighted by Crippen LogP contribution is 2.41. The second kappa shape index (κ2) is 6.46. The van der Waals surface area contributed by atoms with Crippen molar-refractivity contribution in [3.63, 3.8) is 0 Å². The Bertz CT molecular complexity index is 392. The Kier molecular flexibility index (Phi) is 4.93. The van der Waals surface area contributed by atoms with Crippen LogP contribution >= 0.6 is 15.9 Å². The summed E-state index contributed by atoms with van der Waals surface area (Å²) >= 11 is 3.85. The van der Waals surface area contributed by atoms with E-state index in [2.05, 4.69) is 22.0 Å². The molecule has 0 N–H and O–H groups in total. The third kappa shape index (κ3) is 3.00. The molecule has 2 unspecified atom stereocenters. The van der Waals surface area contributed by atoms with Crippen LogP contribution in [-0.4, -0.2) is 19.0 Å². The van der Waals surface area contributed by atoms with Crippen molar-refractivity contribution >= 4 is 15.9 Å². The monoisotopic (exact) mass is 312 g/mol. The first-order chi connectivity index (χ1) is 8.76. The van der Waals surface area contributed by atoms with Crippen LogP contribution in [0, 0.1) is 0 Å². The molecule has 0 bridgehead atoms. The minimum Gasteiger partial charge on any atom is -0.497 e. The lowest BCUT2D eigenvalue weighted by molar-refractivity contribution is 0.393. The van der Waals surface area contributed by atoms with Gasteiger partial charge in [0.25, 0.3) is 0 Å². The average Bonchev–Trinajstić information content (AvgIpc) is 2.62. The molecule has 2 rings (SSSR count). The summed E-state index contributed by atoms with van der Waals surface area (Å²) in [7, 11) is 3.45. The van der Waals surface area contributed by atoms with Crippen molar-refractivity contribution in [2.24, 2.45) is 0 Å². The fourth-order valence-corrected chi connectivity index (χ4v) is 3.61. The Balaban J connectivity index is 2.33. The third-order valence-electron chi connectivity index (χ3n) is 3.77. The van der Waals surface area contributed by atoms with E-state index < -0.39 is 0 Å². The Labute approximate surface area is 118 Å². The lowest BCUT2D eigenvalue weighted by atomic mass is 9.91. The molecule has 1 aliphatic rings. The van der Waals surface area contributed by atoms with Gasteiger partial charge < -0.3 is 9.47 Å². The maximum absolute atomic E-state index is 5.51. The molecule has 0 aliphatic heterocycles. The smallest absolute Gasteiger partial charge is 0.122 e. The summed E-state index contributed by atoms with van der Waals surface area (Å²) in [5.41, 5.74) is 1.28. The number of hydrogen-bond acceptors (Lipinski definition) is 2. The minimum absolute atomic E-state index is 0.526. The zero-order valence-electron chi connectivity index (χ0n) is 11.1. The van der Waals surface area contributed by atoms with Crippen LogP contribution in [-0.2, 0) is 0 Å². The number of ether oxygens (including phenoxy) is 2. The van der Waals surface area contributed by atoms with Gasteiger partial charge in [0.05, 0.1) is 14.2 Å². The van der Waals surface area contributed by atoms with Crippen LogP contribution in [0.2, 0.25) is 0 Å². The zero-order chi connectivity index (χ0) is 13.0. The Morgan fingerprint density at radius 1 is 1.06 bits per heavy atom. The lowest BCUT2D eigenvalue weighted by Gasteiger charge is -2.23. The fourth-order valence-electron chi connectivity index (χ4n) is 2.74. The summed E-state index contributed by atoms with van der Waals surface area (Å²) < 4.78 is 10.9. The second-order valence-corrected chi connectivity index (χ2v) is 6.04. The van der Waals surface area contributed by atoms with Gasteiger partial charge in [0, 0.05) is 16.3 Å². The van der Waals surface area contributed by atoms with Crippen molar-refractivity contribution in [2.45, 2.75) is 42.8 Å². The van der Waals surface area contributed by atoms with Gasteiger partial charge in [-0.25, -0.2) is 0 Å². The third-order valence-corrected chi connectivity index (χ3v) is 4.86. The van der Waals surface area contributed by atoms with Gasteiger partial charge in [-0.1, -0.05) is 35.2 Å². The molecule has 0 radical (unpaired) electrons. The van der Waals surface area contributed by atoms with E-state index in [0.717, 1.165) is 11.5 Å². The average molecular weight is 313 g/mol. The van der Waals surface area contributed by atoms with Gasteiger partial charge in [0.15, 0.2) is 0 Å². The summed E-state index contributed by atoms with van der Waals surface area (Å²) in [6.07, 6.45) is 6.42. The lowest BCUT2D eigenvalue weighted by Crippen LogP contribution is -2.12. The van der Waals surface area contributed by atoms with Gasteiger partial charge in [-0.15, -0.1) is 0 Å².